The van der Waals surface area contributed by atoms with E-state index in [-0.39, 0.29) is 5.38 Å². The van der Waals surface area contributed by atoms with Crippen molar-refractivity contribution >= 4 is 38.9 Å². The topological polar surface area (TPSA) is 0 Å². The van der Waals surface area contributed by atoms with E-state index in [0.717, 1.165) is 0 Å². The molecule has 56 valence electrons. The molecule has 1 rings (SSSR count). The molecule has 1 aromatic heterocycles. The molecule has 0 fully saturated rings. The molecule has 1 heterocycles. The van der Waals surface area contributed by atoms with E-state index in [2.05, 4.69) is 28.9 Å². The SMILES string of the molecule is Cc1sc(C(C)Cl)cc1Br. The van der Waals surface area contributed by atoms with Crippen molar-refractivity contribution in [1.29, 1.82) is 0 Å². The van der Waals surface area contributed by atoms with Crippen LogP contribution in [0.5, 0.6) is 0 Å². The first-order valence-corrected chi connectivity index (χ1v) is 5.05. The first-order chi connectivity index (χ1) is 4.61. The number of rotatable bonds is 1. The summed E-state index contributed by atoms with van der Waals surface area (Å²) in [6.07, 6.45) is 0. The van der Waals surface area contributed by atoms with Crippen molar-refractivity contribution in [3.05, 3.63) is 20.3 Å². The number of thiophene rings is 1. The van der Waals surface area contributed by atoms with Crippen molar-refractivity contribution < 1.29 is 0 Å². The monoisotopic (exact) mass is 238 g/mol. The van der Waals surface area contributed by atoms with Crippen LogP contribution in [0.4, 0.5) is 0 Å². The minimum absolute atomic E-state index is 0.134. The van der Waals surface area contributed by atoms with Crippen LogP contribution in [0, 0.1) is 6.92 Å². The zero-order chi connectivity index (χ0) is 7.72. The van der Waals surface area contributed by atoms with Crippen LogP contribution in [0.25, 0.3) is 0 Å². The summed E-state index contributed by atoms with van der Waals surface area (Å²) in [5.41, 5.74) is 0. The third kappa shape index (κ3) is 1.74. The third-order valence-corrected chi connectivity index (χ3v) is 3.95. The van der Waals surface area contributed by atoms with Crippen LogP contribution in [0.2, 0.25) is 0 Å². The predicted octanol–water partition coefficient (Wildman–Crippen LogP) is 4.12. The predicted molar refractivity (Wildman–Crippen MR) is 51.0 cm³/mol. The van der Waals surface area contributed by atoms with Gasteiger partial charge in [-0.3, -0.25) is 0 Å². The summed E-state index contributed by atoms with van der Waals surface area (Å²) >= 11 is 11.1. The van der Waals surface area contributed by atoms with Gasteiger partial charge in [0, 0.05) is 14.2 Å². The van der Waals surface area contributed by atoms with Crippen LogP contribution in [-0.2, 0) is 0 Å². The first kappa shape index (κ1) is 8.57. The Hall–Kier alpha value is 0.470. The molecule has 0 spiro atoms. The first-order valence-electron chi connectivity index (χ1n) is 3.01. The molecule has 1 atom stereocenters. The molecule has 0 bridgehead atoms. The minimum atomic E-state index is 0.134. The van der Waals surface area contributed by atoms with E-state index in [1.165, 1.54) is 14.2 Å². The van der Waals surface area contributed by atoms with Gasteiger partial charge in [0.05, 0.1) is 5.38 Å². The lowest BCUT2D eigenvalue weighted by Gasteiger charge is -1.93. The van der Waals surface area contributed by atoms with E-state index in [9.17, 15) is 0 Å². The zero-order valence-corrected chi connectivity index (χ0v) is 8.98. The van der Waals surface area contributed by atoms with Gasteiger partial charge in [-0.05, 0) is 35.8 Å². The number of halogens is 2. The van der Waals surface area contributed by atoms with Crippen LogP contribution < -0.4 is 0 Å². The molecule has 3 heteroatoms. The number of hydrogen-bond donors (Lipinski definition) is 0. The molecule has 0 aliphatic rings. The van der Waals surface area contributed by atoms with Crippen molar-refractivity contribution in [1.82, 2.24) is 0 Å². The quantitative estimate of drug-likeness (QED) is 0.647. The Morgan fingerprint density at radius 1 is 1.70 bits per heavy atom. The Bertz CT molecular complexity index is 210. The molecule has 0 amide bonds. The van der Waals surface area contributed by atoms with Gasteiger partial charge in [-0.15, -0.1) is 22.9 Å². The van der Waals surface area contributed by atoms with E-state index >= 15 is 0 Å². The van der Waals surface area contributed by atoms with E-state index in [1.54, 1.807) is 11.3 Å². The van der Waals surface area contributed by atoms with Crippen molar-refractivity contribution in [3.63, 3.8) is 0 Å². The van der Waals surface area contributed by atoms with Gasteiger partial charge in [0.25, 0.3) is 0 Å². The molecule has 0 aliphatic heterocycles. The van der Waals surface area contributed by atoms with Gasteiger partial charge in [-0.25, -0.2) is 0 Å². The fraction of sp³-hybridized carbons (Fsp3) is 0.429. The largest absolute Gasteiger partial charge is 0.143 e. The zero-order valence-electron chi connectivity index (χ0n) is 5.82. The maximum atomic E-state index is 5.88. The molecule has 1 unspecified atom stereocenters. The summed E-state index contributed by atoms with van der Waals surface area (Å²) in [5, 5.41) is 0.134. The average molecular weight is 240 g/mol. The molecule has 0 saturated heterocycles. The maximum absolute atomic E-state index is 5.88. The smallest absolute Gasteiger partial charge is 0.0651 e. The van der Waals surface area contributed by atoms with Crippen LogP contribution in [0.3, 0.4) is 0 Å². The van der Waals surface area contributed by atoms with Crippen molar-refractivity contribution in [3.8, 4) is 0 Å². The van der Waals surface area contributed by atoms with Gasteiger partial charge in [0.2, 0.25) is 0 Å². The minimum Gasteiger partial charge on any atom is -0.143 e. The van der Waals surface area contributed by atoms with Crippen LogP contribution in [-0.4, -0.2) is 0 Å². The summed E-state index contributed by atoms with van der Waals surface area (Å²) in [7, 11) is 0. The second-order valence-electron chi connectivity index (χ2n) is 2.17. The van der Waals surface area contributed by atoms with Crippen molar-refractivity contribution in [2.24, 2.45) is 0 Å². The van der Waals surface area contributed by atoms with Crippen molar-refractivity contribution in [2.45, 2.75) is 19.2 Å². The Labute approximate surface area is 78.3 Å². The van der Waals surface area contributed by atoms with Gasteiger partial charge in [-0.1, -0.05) is 0 Å². The molecule has 10 heavy (non-hydrogen) atoms. The lowest BCUT2D eigenvalue weighted by molar-refractivity contribution is 1.12. The summed E-state index contributed by atoms with van der Waals surface area (Å²) in [6, 6.07) is 2.08. The lowest BCUT2D eigenvalue weighted by Crippen LogP contribution is -1.73. The van der Waals surface area contributed by atoms with E-state index in [1.807, 2.05) is 6.92 Å². The van der Waals surface area contributed by atoms with E-state index in [0.29, 0.717) is 0 Å². The van der Waals surface area contributed by atoms with Crippen LogP contribution >= 0.6 is 38.9 Å². The number of alkyl halides is 1. The molecule has 0 saturated carbocycles. The summed E-state index contributed by atoms with van der Waals surface area (Å²) in [6.45, 7) is 4.07. The highest BCUT2D eigenvalue weighted by molar-refractivity contribution is 9.10. The summed E-state index contributed by atoms with van der Waals surface area (Å²) in [4.78, 5) is 2.52. The normalized spacial score (nSPS) is 13.6. The molecule has 0 radical (unpaired) electrons. The molecular weight excluding hydrogens is 232 g/mol. The van der Waals surface area contributed by atoms with Gasteiger partial charge in [-0.2, -0.15) is 0 Å². The number of hydrogen-bond acceptors (Lipinski definition) is 1. The van der Waals surface area contributed by atoms with Gasteiger partial charge < -0.3 is 0 Å². The number of aryl methyl sites for hydroxylation is 1. The summed E-state index contributed by atoms with van der Waals surface area (Å²) < 4.78 is 1.17. The molecular formula is C7H8BrClS. The maximum Gasteiger partial charge on any atom is 0.0651 e. The van der Waals surface area contributed by atoms with Gasteiger partial charge in [0.15, 0.2) is 0 Å². The highest BCUT2D eigenvalue weighted by Crippen LogP contribution is 2.32. The standard InChI is InChI=1S/C7H8BrClS/c1-4(9)7-3-6(8)5(2)10-7/h3-4H,1-2H3. The molecule has 1 aromatic rings. The van der Waals surface area contributed by atoms with E-state index < -0.39 is 0 Å². The second-order valence-corrected chi connectivity index (χ2v) is 4.97. The fourth-order valence-corrected chi connectivity index (χ4v) is 2.36. The molecule has 0 aliphatic carbocycles. The van der Waals surface area contributed by atoms with Crippen molar-refractivity contribution in [2.75, 3.05) is 0 Å². The lowest BCUT2D eigenvalue weighted by atomic mass is 10.4. The highest BCUT2D eigenvalue weighted by atomic mass is 79.9. The van der Waals surface area contributed by atoms with Gasteiger partial charge in [0.1, 0.15) is 0 Å². The third-order valence-electron chi connectivity index (χ3n) is 1.27. The Kier molecular flexibility index (Phi) is 2.78. The average Bonchev–Trinajstić information content (AvgIpc) is 2.13. The highest BCUT2D eigenvalue weighted by Gasteiger charge is 2.06. The Morgan fingerprint density at radius 2 is 2.30 bits per heavy atom. The van der Waals surface area contributed by atoms with Crippen LogP contribution in [0.15, 0.2) is 10.5 Å². The fourth-order valence-electron chi connectivity index (χ4n) is 0.678. The Morgan fingerprint density at radius 3 is 2.50 bits per heavy atom. The van der Waals surface area contributed by atoms with E-state index in [4.69, 9.17) is 11.6 Å². The van der Waals surface area contributed by atoms with Crippen LogP contribution in [0.1, 0.15) is 22.1 Å². The second kappa shape index (κ2) is 3.24. The molecule has 0 nitrogen and oxygen atoms in total. The Balaban J connectivity index is 2.98. The summed E-state index contributed by atoms with van der Waals surface area (Å²) in [5.74, 6) is 0. The molecule has 0 aromatic carbocycles. The van der Waals surface area contributed by atoms with Gasteiger partial charge >= 0.3 is 0 Å². The molecule has 0 N–H and O–H groups in total.